The molecular formula is C19H33N. The summed E-state index contributed by atoms with van der Waals surface area (Å²) in [5, 5.41) is 1.39. The minimum absolute atomic E-state index is 0.669. The van der Waals surface area contributed by atoms with Gasteiger partial charge in [-0.3, -0.25) is 0 Å². The summed E-state index contributed by atoms with van der Waals surface area (Å²) >= 11 is 0. The average molecular weight is 275 g/mol. The Balaban J connectivity index is 0.000000829. The van der Waals surface area contributed by atoms with Gasteiger partial charge in [0.2, 0.25) is 0 Å². The maximum atomic E-state index is 3.36. The van der Waals surface area contributed by atoms with Crippen molar-refractivity contribution in [3.05, 3.63) is 36.0 Å². The van der Waals surface area contributed by atoms with Gasteiger partial charge in [-0.1, -0.05) is 79.0 Å². The van der Waals surface area contributed by atoms with Gasteiger partial charge in [0.1, 0.15) is 0 Å². The van der Waals surface area contributed by atoms with Crippen molar-refractivity contribution in [2.45, 2.75) is 73.1 Å². The molecule has 1 heteroatoms. The number of aromatic nitrogens is 1. The standard InChI is InChI=1S/C15H21N.2C2H6/c1-3-4-5-8-12(2)14-11-16-15-10-7-6-9-13(14)15;2*1-2/h6-7,9-12,16H,3-5,8H2,1-2H3;2*1-2H3. The van der Waals surface area contributed by atoms with Gasteiger partial charge >= 0.3 is 0 Å². The van der Waals surface area contributed by atoms with E-state index in [2.05, 4.69) is 49.3 Å². The summed E-state index contributed by atoms with van der Waals surface area (Å²) in [5.41, 5.74) is 2.74. The number of nitrogens with one attached hydrogen (secondary N) is 1. The fourth-order valence-corrected chi connectivity index (χ4v) is 2.36. The summed E-state index contributed by atoms with van der Waals surface area (Å²) in [5.74, 6) is 0.669. The first-order valence-corrected chi connectivity index (χ1v) is 8.39. The first-order chi connectivity index (χ1) is 9.83. The van der Waals surface area contributed by atoms with Crippen LogP contribution in [0.15, 0.2) is 30.5 Å². The van der Waals surface area contributed by atoms with Crippen molar-refractivity contribution in [3.8, 4) is 0 Å². The lowest BCUT2D eigenvalue weighted by Gasteiger charge is -2.09. The second-order valence-electron chi connectivity index (χ2n) is 4.69. The largest absolute Gasteiger partial charge is 0.361 e. The Kier molecular flexibility index (Phi) is 10.9. The normalized spacial score (nSPS) is 11.1. The zero-order valence-corrected chi connectivity index (χ0v) is 14.3. The lowest BCUT2D eigenvalue weighted by molar-refractivity contribution is 0.600. The number of benzene rings is 1. The molecule has 0 bridgehead atoms. The summed E-state index contributed by atoms with van der Waals surface area (Å²) in [7, 11) is 0. The minimum Gasteiger partial charge on any atom is -0.361 e. The molecule has 1 aromatic carbocycles. The van der Waals surface area contributed by atoms with E-state index < -0.39 is 0 Å². The number of rotatable bonds is 5. The van der Waals surface area contributed by atoms with Gasteiger partial charge in [0, 0.05) is 17.1 Å². The van der Waals surface area contributed by atoms with Crippen molar-refractivity contribution in [2.24, 2.45) is 0 Å². The molecule has 0 saturated carbocycles. The zero-order chi connectivity index (χ0) is 15.4. The molecule has 20 heavy (non-hydrogen) atoms. The number of hydrogen-bond donors (Lipinski definition) is 1. The van der Waals surface area contributed by atoms with Crippen LogP contribution in [0.3, 0.4) is 0 Å². The predicted molar refractivity (Wildman–Crippen MR) is 93.6 cm³/mol. The Bertz CT molecular complexity index is 442. The molecule has 2 aromatic rings. The van der Waals surface area contributed by atoms with Crippen LogP contribution in [0, 0.1) is 0 Å². The maximum Gasteiger partial charge on any atom is 0.0456 e. The molecule has 1 heterocycles. The molecule has 1 aromatic heterocycles. The number of aromatic amines is 1. The van der Waals surface area contributed by atoms with E-state index in [0.29, 0.717) is 5.92 Å². The number of unbranched alkanes of at least 4 members (excludes halogenated alkanes) is 2. The van der Waals surface area contributed by atoms with Crippen molar-refractivity contribution >= 4 is 10.9 Å². The summed E-state index contributed by atoms with van der Waals surface area (Å²) in [6, 6.07) is 8.58. The van der Waals surface area contributed by atoms with E-state index in [4.69, 9.17) is 0 Å². The van der Waals surface area contributed by atoms with Gasteiger partial charge in [-0.25, -0.2) is 0 Å². The summed E-state index contributed by atoms with van der Waals surface area (Å²) in [4.78, 5) is 3.36. The summed E-state index contributed by atoms with van der Waals surface area (Å²) in [6.45, 7) is 12.6. The van der Waals surface area contributed by atoms with E-state index in [1.807, 2.05) is 27.7 Å². The summed E-state index contributed by atoms with van der Waals surface area (Å²) in [6.07, 6.45) is 7.49. The van der Waals surface area contributed by atoms with Gasteiger partial charge in [0.25, 0.3) is 0 Å². The van der Waals surface area contributed by atoms with Crippen LogP contribution in [-0.2, 0) is 0 Å². The molecule has 0 saturated heterocycles. The monoisotopic (exact) mass is 275 g/mol. The quantitative estimate of drug-likeness (QED) is 0.571. The topological polar surface area (TPSA) is 15.8 Å². The second-order valence-corrected chi connectivity index (χ2v) is 4.69. The van der Waals surface area contributed by atoms with Crippen molar-refractivity contribution in [1.29, 1.82) is 0 Å². The molecule has 1 unspecified atom stereocenters. The third-order valence-electron chi connectivity index (χ3n) is 3.39. The van der Waals surface area contributed by atoms with E-state index in [1.54, 1.807) is 0 Å². The lowest BCUT2D eigenvalue weighted by atomic mass is 9.95. The molecule has 1 N–H and O–H groups in total. The lowest BCUT2D eigenvalue weighted by Crippen LogP contribution is -1.92. The van der Waals surface area contributed by atoms with Crippen LogP contribution < -0.4 is 0 Å². The van der Waals surface area contributed by atoms with Crippen LogP contribution in [0.4, 0.5) is 0 Å². The zero-order valence-electron chi connectivity index (χ0n) is 14.3. The van der Waals surface area contributed by atoms with Crippen LogP contribution in [0.1, 0.15) is 78.7 Å². The third kappa shape index (κ3) is 5.40. The highest BCUT2D eigenvalue weighted by Crippen LogP contribution is 2.28. The molecule has 0 aliphatic rings. The van der Waals surface area contributed by atoms with Gasteiger partial charge < -0.3 is 4.98 Å². The van der Waals surface area contributed by atoms with Gasteiger partial charge in [-0.2, -0.15) is 0 Å². The molecule has 0 fully saturated rings. The van der Waals surface area contributed by atoms with Crippen molar-refractivity contribution in [2.75, 3.05) is 0 Å². The number of fused-ring (bicyclic) bond motifs is 1. The van der Waals surface area contributed by atoms with Crippen molar-refractivity contribution in [1.82, 2.24) is 4.98 Å². The second kappa shape index (κ2) is 11.6. The Morgan fingerprint density at radius 3 is 2.30 bits per heavy atom. The van der Waals surface area contributed by atoms with Crippen molar-refractivity contribution in [3.63, 3.8) is 0 Å². The highest BCUT2D eigenvalue weighted by atomic mass is 14.7. The van der Waals surface area contributed by atoms with E-state index in [9.17, 15) is 0 Å². The van der Waals surface area contributed by atoms with E-state index in [0.717, 1.165) is 0 Å². The number of hydrogen-bond acceptors (Lipinski definition) is 0. The Hall–Kier alpha value is -1.24. The SMILES string of the molecule is CC.CC.CCCCCC(C)c1c[nH]c2ccccc12. The van der Waals surface area contributed by atoms with E-state index in [-0.39, 0.29) is 0 Å². The third-order valence-corrected chi connectivity index (χ3v) is 3.39. The Morgan fingerprint density at radius 1 is 1.00 bits per heavy atom. The van der Waals surface area contributed by atoms with Gasteiger partial charge in [0.05, 0.1) is 0 Å². The van der Waals surface area contributed by atoms with Crippen LogP contribution in [0.2, 0.25) is 0 Å². The minimum atomic E-state index is 0.669. The maximum absolute atomic E-state index is 3.36. The first-order valence-electron chi connectivity index (χ1n) is 8.39. The van der Waals surface area contributed by atoms with E-state index in [1.165, 1.54) is 42.1 Å². The Labute approximate surface area is 125 Å². The highest BCUT2D eigenvalue weighted by molar-refractivity contribution is 5.83. The van der Waals surface area contributed by atoms with Crippen LogP contribution in [0.25, 0.3) is 10.9 Å². The van der Waals surface area contributed by atoms with Crippen LogP contribution in [-0.4, -0.2) is 4.98 Å². The molecule has 0 spiro atoms. The average Bonchev–Trinajstić information content (AvgIpc) is 2.95. The predicted octanol–water partition coefficient (Wildman–Crippen LogP) is 6.90. The van der Waals surface area contributed by atoms with E-state index >= 15 is 0 Å². The summed E-state index contributed by atoms with van der Waals surface area (Å²) < 4.78 is 0. The molecule has 114 valence electrons. The molecule has 0 amide bonds. The molecule has 1 atom stereocenters. The fraction of sp³-hybridized carbons (Fsp3) is 0.579. The molecule has 0 aliphatic heterocycles. The molecular weight excluding hydrogens is 242 g/mol. The number of H-pyrrole nitrogens is 1. The first kappa shape index (κ1) is 18.8. The van der Waals surface area contributed by atoms with Gasteiger partial charge in [-0.15, -0.1) is 0 Å². The molecule has 0 radical (unpaired) electrons. The fourth-order valence-electron chi connectivity index (χ4n) is 2.36. The molecule has 1 nitrogen and oxygen atoms in total. The van der Waals surface area contributed by atoms with Gasteiger partial charge in [-0.05, 0) is 24.0 Å². The molecule has 0 aliphatic carbocycles. The van der Waals surface area contributed by atoms with Crippen molar-refractivity contribution < 1.29 is 0 Å². The number of para-hydroxylation sites is 1. The molecule has 2 rings (SSSR count). The van der Waals surface area contributed by atoms with Crippen LogP contribution >= 0.6 is 0 Å². The van der Waals surface area contributed by atoms with Crippen LogP contribution in [0.5, 0.6) is 0 Å². The van der Waals surface area contributed by atoms with Gasteiger partial charge in [0.15, 0.2) is 0 Å². The Morgan fingerprint density at radius 2 is 1.65 bits per heavy atom. The smallest absolute Gasteiger partial charge is 0.0456 e. The highest BCUT2D eigenvalue weighted by Gasteiger charge is 2.10.